The number of ether oxygens (including phenoxy) is 1. The van der Waals surface area contributed by atoms with Crippen LogP contribution in [0.5, 0.6) is 5.75 Å². The van der Waals surface area contributed by atoms with Crippen molar-refractivity contribution in [2.24, 2.45) is 0 Å². The van der Waals surface area contributed by atoms with Gasteiger partial charge in [-0.25, -0.2) is 9.59 Å². The summed E-state index contributed by atoms with van der Waals surface area (Å²) in [5.74, 6) is -1.85. The molecule has 9 heteroatoms. The van der Waals surface area contributed by atoms with E-state index in [4.69, 9.17) is 4.74 Å². The smallest absolute Gasteiger partial charge is 0.408 e. The second-order valence-electron chi connectivity index (χ2n) is 7.67. The molecule has 4 rings (SSSR count). The van der Waals surface area contributed by atoms with E-state index >= 15 is 0 Å². The lowest BCUT2D eigenvalue weighted by molar-refractivity contribution is -0.385. The molecule has 0 heterocycles. The van der Waals surface area contributed by atoms with E-state index in [2.05, 4.69) is 11.4 Å². The molecule has 1 unspecified atom stereocenters. The molecule has 0 aromatic heterocycles. The average molecular weight is 448 g/mol. The number of aliphatic carboxylic acids is 1. The Balaban J connectivity index is 1.42. The fourth-order valence-electron chi connectivity index (χ4n) is 3.96. The summed E-state index contributed by atoms with van der Waals surface area (Å²) in [6, 6.07) is 16.0. The van der Waals surface area contributed by atoms with Crippen molar-refractivity contribution >= 4 is 17.7 Å². The Hall–Kier alpha value is -4.40. The first-order valence-electron chi connectivity index (χ1n) is 10.1. The van der Waals surface area contributed by atoms with Gasteiger partial charge in [0.25, 0.3) is 0 Å². The number of amides is 1. The van der Waals surface area contributed by atoms with Crippen LogP contribution in [0.2, 0.25) is 0 Å². The van der Waals surface area contributed by atoms with E-state index in [-0.39, 0.29) is 18.6 Å². The van der Waals surface area contributed by atoms with Crippen LogP contribution in [-0.4, -0.2) is 33.2 Å². The number of hydrogen-bond acceptors (Lipinski definition) is 6. The van der Waals surface area contributed by atoms with Crippen molar-refractivity contribution < 1.29 is 29.5 Å². The van der Waals surface area contributed by atoms with Crippen LogP contribution in [0, 0.1) is 10.1 Å². The largest absolute Gasteiger partial charge is 0.502 e. The maximum Gasteiger partial charge on any atom is 0.408 e. The summed E-state index contributed by atoms with van der Waals surface area (Å²) < 4.78 is 5.29. The highest BCUT2D eigenvalue weighted by atomic mass is 16.6. The Labute approximate surface area is 188 Å². The summed E-state index contributed by atoms with van der Waals surface area (Å²) in [6.07, 6.45) is -0.408. The number of hydrogen-bond donors (Lipinski definition) is 3. The Kier molecular flexibility index (Phi) is 5.95. The van der Waals surface area contributed by atoms with Crippen molar-refractivity contribution in [2.75, 3.05) is 0 Å². The third kappa shape index (κ3) is 4.62. The topological polar surface area (TPSA) is 139 Å². The van der Waals surface area contributed by atoms with Gasteiger partial charge in [0.1, 0.15) is 12.6 Å². The minimum atomic E-state index is -1.37. The number of fused-ring (bicyclic) bond motifs is 3. The number of phenols is 1. The van der Waals surface area contributed by atoms with Gasteiger partial charge in [-0.2, -0.15) is 0 Å². The number of nitrogens with one attached hydrogen (secondary N) is 1. The van der Waals surface area contributed by atoms with Gasteiger partial charge in [-0.3, -0.25) is 10.1 Å². The zero-order valence-electron chi connectivity index (χ0n) is 17.4. The summed E-state index contributed by atoms with van der Waals surface area (Å²) in [5, 5.41) is 32.3. The lowest BCUT2D eigenvalue weighted by atomic mass is 10.0. The first-order valence-corrected chi connectivity index (χ1v) is 10.1. The molecule has 0 fully saturated rings. The maximum absolute atomic E-state index is 12.3. The van der Waals surface area contributed by atoms with Crippen molar-refractivity contribution in [2.45, 2.75) is 25.5 Å². The molecule has 0 bridgehead atoms. The van der Waals surface area contributed by atoms with E-state index in [0.717, 1.165) is 40.8 Å². The predicted molar refractivity (Wildman–Crippen MR) is 118 cm³/mol. The Morgan fingerprint density at radius 1 is 1.09 bits per heavy atom. The molecule has 3 aromatic rings. The zero-order chi connectivity index (χ0) is 23.5. The number of carbonyl (C=O) groups excluding carboxylic acids is 1. The highest BCUT2D eigenvalue weighted by molar-refractivity contribution is 5.81. The molecule has 168 valence electrons. The first-order chi connectivity index (χ1) is 15.8. The van der Waals surface area contributed by atoms with Crippen LogP contribution in [0.3, 0.4) is 0 Å². The van der Waals surface area contributed by atoms with Crippen LogP contribution in [-0.2, 0) is 29.0 Å². The molecular formula is C24H20N2O7. The number of benzene rings is 3. The van der Waals surface area contributed by atoms with E-state index < -0.39 is 34.5 Å². The van der Waals surface area contributed by atoms with Crippen molar-refractivity contribution in [3.63, 3.8) is 0 Å². The van der Waals surface area contributed by atoms with Crippen molar-refractivity contribution in [1.29, 1.82) is 0 Å². The normalized spacial score (nSPS) is 12.4. The lowest BCUT2D eigenvalue weighted by Gasteiger charge is -2.15. The summed E-state index contributed by atoms with van der Waals surface area (Å²) in [5.41, 5.74) is 5.05. The Morgan fingerprint density at radius 2 is 1.85 bits per heavy atom. The predicted octanol–water partition coefficient (Wildman–Crippen LogP) is 3.79. The summed E-state index contributed by atoms with van der Waals surface area (Å²) in [7, 11) is 0. The highest BCUT2D eigenvalue weighted by Crippen LogP contribution is 2.38. The van der Waals surface area contributed by atoms with Gasteiger partial charge in [-0.15, -0.1) is 0 Å². The molecule has 3 aromatic carbocycles. The van der Waals surface area contributed by atoms with Crippen LogP contribution >= 0.6 is 0 Å². The van der Waals surface area contributed by atoms with Crippen LogP contribution < -0.4 is 5.32 Å². The van der Waals surface area contributed by atoms with E-state index in [1.807, 2.05) is 36.4 Å². The van der Waals surface area contributed by atoms with Gasteiger partial charge in [0.15, 0.2) is 5.75 Å². The van der Waals surface area contributed by atoms with Crippen molar-refractivity contribution in [1.82, 2.24) is 5.32 Å². The molecular weight excluding hydrogens is 428 g/mol. The molecule has 33 heavy (non-hydrogen) atoms. The van der Waals surface area contributed by atoms with Gasteiger partial charge >= 0.3 is 17.7 Å². The van der Waals surface area contributed by atoms with Gasteiger partial charge in [0.2, 0.25) is 0 Å². The molecule has 0 radical (unpaired) electrons. The molecule has 0 spiro atoms. The van der Waals surface area contributed by atoms with E-state index in [1.165, 1.54) is 11.6 Å². The van der Waals surface area contributed by atoms with E-state index in [1.54, 1.807) is 0 Å². The van der Waals surface area contributed by atoms with Gasteiger partial charge in [-0.05, 0) is 45.9 Å². The van der Waals surface area contributed by atoms with Gasteiger partial charge < -0.3 is 20.3 Å². The zero-order valence-corrected chi connectivity index (χ0v) is 17.4. The molecule has 9 nitrogen and oxygen atoms in total. The number of carboxylic acids is 1. The van der Waals surface area contributed by atoms with Crippen molar-refractivity contribution in [3.8, 4) is 16.9 Å². The number of rotatable bonds is 7. The quantitative estimate of drug-likeness (QED) is 0.289. The molecule has 1 aliphatic rings. The van der Waals surface area contributed by atoms with Gasteiger partial charge in [-0.1, -0.05) is 48.5 Å². The minimum absolute atomic E-state index is 0.0278. The number of nitro groups is 1. The molecule has 0 saturated heterocycles. The molecule has 0 saturated carbocycles. The lowest BCUT2D eigenvalue weighted by Crippen LogP contribution is -2.42. The number of alkyl carbamates (subject to hydrolysis) is 1. The standard InChI is InChI=1S/C24H20N2O7/c27-22-9-8-14(11-21(22)26(31)32)10-20(23(28)29)25-24(30)33-13-16-5-3-7-18-17-6-2-1-4-15(17)12-19(16)18/h1-9,11,20,27H,10,12-13H2,(H,25,30)(H,28,29). The van der Waals surface area contributed by atoms with Crippen LogP contribution in [0.1, 0.15) is 22.3 Å². The van der Waals surface area contributed by atoms with Gasteiger partial charge in [0, 0.05) is 12.5 Å². The van der Waals surface area contributed by atoms with Crippen LogP contribution in [0.4, 0.5) is 10.5 Å². The fraction of sp³-hybridized carbons (Fsp3) is 0.167. The SMILES string of the molecule is O=C(NC(Cc1ccc(O)c([N+](=O)[O-])c1)C(=O)O)OCc1cccc2c1Cc1ccccc1-2. The molecule has 3 N–H and O–H groups in total. The number of nitrogens with zero attached hydrogens (tertiary/aromatic N) is 1. The third-order valence-corrected chi connectivity index (χ3v) is 5.57. The summed E-state index contributed by atoms with van der Waals surface area (Å²) in [4.78, 5) is 34.2. The third-order valence-electron chi connectivity index (χ3n) is 5.57. The number of carboxylic acid groups (broad SMARTS) is 1. The van der Waals surface area contributed by atoms with Gasteiger partial charge in [0.05, 0.1) is 4.92 Å². The monoisotopic (exact) mass is 448 g/mol. The number of nitro benzene ring substituents is 1. The summed E-state index contributed by atoms with van der Waals surface area (Å²) in [6.45, 7) is -0.0278. The molecule has 0 aliphatic heterocycles. The number of aromatic hydroxyl groups is 1. The van der Waals surface area contributed by atoms with Crippen LogP contribution in [0.25, 0.3) is 11.1 Å². The number of phenolic OH excluding ortho intramolecular Hbond substituents is 1. The highest BCUT2D eigenvalue weighted by Gasteiger charge is 2.24. The maximum atomic E-state index is 12.3. The number of carbonyl (C=O) groups is 2. The molecule has 1 aliphatic carbocycles. The minimum Gasteiger partial charge on any atom is -0.502 e. The Bertz CT molecular complexity index is 1260. The second kappa shape index (κ2) is 8.99. The average Bonchev–Trinajstić information content (AvgIpc) is 3.17. The van der Waals surface area contributed by atoms with Crippen molar-refractivity contribution in [3.05, 3.63) is 93.0 Å². The molecule has 1 atom stereocenters. The summed E-state index contributed by atoms with van der Waals surface area (Å²) >= 11 is 0. The molecule has 1 amide bonds. The fourth-order valence-corrected chi connectivity index (χ4v) is 3.96. The second-order valence-corrected chi connectivity index (χ2v) is 7.67. The first kappa shape index (κ1) is 21.8. The Morgan fingerprint density at radius 3 is 2.61 bits per heavy atom. The van der Waals surface area contributed by atoms with Crippen LogP contribution in [0.15, 0.2) is 60.7 Å². The van der Waals surface area contributed by atoms with E-state index in [0.29, 0.717) is 0 Å². The van der Waals surface area contributed by atoms with E-state index in [9.17, 15) is 29.9 Å².